The van der Waals surface area contributed by atoms with Crippen molar-refractivity contribution in [1.82, 2.24) is 5.32 Å². The van der Waals surface area contributed by atoms with Crippen molar-refractivity contribution >= 4 is 10.8 Å². The number of hydrogen-bond donors (Lipinski definition) is 1. The first kappa shape index (κ1) is 14.2. The summed E-state index contributed by atoms with van der Waals surface area (Å²) in [4.78, 5) is 0. The molecule has 2 nitrogen and oxygen atoms in total. The molecule has 1 rings (SSSR count). The summed E-state index contributed by atoms with van der Waals surface area (Å²) in [6.45, 7) is 9.88. The second-order valence-electron chi connectivity index (χ2n) is 5.25. The smallest absolute Gasteiger partial charge is 0.0526 e. The van der Waals surface area contributed by atoms with Crippen LogP contribution in [0.4, 0.5) is 0 Å². The molecule has 1 fully saturated rings. The molecule has 0 spiro atoms. The summed E-state index contributed by atoms with van der Waals surface area (Å²) >= 11 is 0. The van der Waals surface area contributed by atoms with Crippen LogP contribution in [0.3, 0.4) is 0 Å². The van der Waals surface area contributed by atoms with Gasteiger partial charge in [0.25, 0.3) is 0 Å². The van der Waals surface area contributed by atoms with Gasteiger partial charge in [-0.2, -0.15) is 0 Å². The van der Waals surface area contributed by atoms with E-state index in [1.54, 1.807) is 0 Å². The zero-order valence-corrected chi connectivity index (χ0v) is 12.0. The highest BCUT2D eigenvalue weighted by molar-refractivity contribution is 7.85. The monoisotopic (exact) mass is 245 g/mol. The molecule has 1 aliphatic carbocycles. The van der Waals surface area contributed by atoms with Crippen LogP contribution >= 0.6 is 0 Å². The zero-order valence-electron chi connectivity index (χ0n) is 11.2. The minimum atomic E-state index is -0.654. The van der Waals surface area contributed by atoms with Crippen molar-refractivity contribution in [3.05, 3.63) is 0 Å². The molecule has 0 aromatic heterocycles. The quantitative estimate of drug-likeness (QED) is 0.806. The lowest BCUT2D eigenvalue weighted by atomic mass is 9.80. The van der Waals surface area contributed by atoms with Gasteiger partial charge in [0.2, 0.25) is 0 Å². The minimum Gasteiger partial charge on any atom is -0.313 e. The van der Waals surface area contributed by atoms with Crippen molar-refractivity contribution in [1.29, 1.82) is 0 Å². The summed E-state index contributed by atoms with van der Waals surface area (Å²) in [5.74, 6) is 2.17. The third-order valence-corrected chi connectivity index (χ3v) is 5.60. The maximum Gasteiger partial charge on any atom is 0.0526 e. The molecule has 5 unspecified atom stereocenters. The fourth-order valence-electron chi connectivity index (χ4n) is 2.99. The summed E-state index contributed by atoms with van der Waals surface area (Å²) in [5.41, 5.74) is 0. The SMILES string of the molecule is CCCNC1CC(C)CC(C)C1S(=O)CC. The van der Waals surface area contributed by atoms with Gasteiger partial charge in [-0.25, -0.2) is 0 Å². The fraction of sp³-hybridized carbons (Fsp3) is 1.00. The van der Waals surface area contributed by atoms with Crippen LogP contribution in [-0.2, 0) is 10.8 Å². The first-order valence-electron chi connectivity index (χ1n) is 6.70. The molecule has 5 atom stereocenters. The third kappa shape index (κ3) is 3.56. The van der Waals surface area contributed by atoms with E-state index >= 15 is 0 Å². The van der Waals surface area contributed by atoms with E-state index in [0.717, 1.165) is 24.6 Å². The highest BCUT2D eigenvalue weighted by Gasteiger charge is 2.36. The largest absolute Gasteiger partial charge is 0.313 e. The molecule has 0 aliphatic heterocycles. The van der Waals surface area contributed by atoms with Crippen LogP contribution in [0.1, 0.15) is 47.0 Å². The van der Waals surface area contributed by atoms with Crippen LogP contribution in [0.5, 0.6) is 0 Å². The van der Waals surface area contributed by atoms with E-state index in [2.05, 4.69) is 26.1 Å². The molecule has 1 saturated carbocycles. The van der Waals surface area contributed by atoms with E-state index in [1.807, 2.05) is 6.92 Å². The topological polar surface area (TPSA) is 29.1 Å². The Morgan fingerprint density at radius 1 is 1.25 bits per heavy atom. The number of nitrogens with one attached hydrogen (secondary N) is 1. The van der Waals surface area contributed by atoms with Gasteiger partial charge in [-0.1, -0.05) is 27.7 Å². The lowest BCUT2D eigenvalue weighted by Crippen LogP contribution is -2.50. The molecule has 1 N–H and O–H groups in total. The maximum absolute atomic E-state index is 12.1. The van der Waals surface area contributed by atoms with E-state index in [9.17, 15) is 4.21 Å². The summed E-state index contributed by atoms with van der Waals surface area (Å²) in [6.07, 6.45) is 3.59. The van der Waals surface area contributed by atoms with E-state index in [4.69, 9.17) is 0 Å². The Hall–Kier alpha value is 0.110. The predicted molar refractivity (Wildman–Crippen MR) is 72.1 cm³/mol. The highest BCUT2D eigenvalue weighted by atomic mass is 32.2. The Bertz CT molecular complexity index is 232. The molecule has 1 aliphatic rings. The second kappa shape index (κ2) is 6.75. The predicted octanol–water partition coefficient (Wildman–Crippen LogP) is 2.56. The molecule has 96 valence electrons. The number of rotatable bonds is 5. The Balaban J connectivity index is 2.68. The van der Waals surface area contributed by atoms with Gasteiger partial charge >= 0.3 is 0 Å². The lowest BCUT2D eigenvalue weighted by Gasteiger charge is -2.39. The van der Waals surface area contributed by atoms with Crippen LogP contribution in [0.2, 0.25) is 0 Å². The van der Waals surface area contributed by atoms with Gasteiger partial charge in [-0.15, -0.1) is 0 Å². The molecule has 0 radical (unpaired) electrons. The Labute approximate surface area is 103 Å². The molecule has 0 amide bonds. The molecule has 0 aromatic rings. The lowest BCUT2D eigenvalue weighted by molar-refractivity contribution is 0.246. The Morgan fingerprint density at radius 3 is 2.50 bits per heavy atom. The summed E-state index contributed by atoms with van der Waals surface area (Å²) < 4.78 is 12.1. The molecule has 0 saturated heterocycles. The number of hydrogen-bond acceptors (Lipinski definition) is 2. The zero-order chi connectivity index (χ0) is 12.1. The second-order valence-corrected chi connectivity index (χ2v) is 7.13. The van der Waals surface area contributed by atoms with E-state index in [1.165, 1.54) is 12.8 Å². The maximum atomic E-state index is 12.1. The van der Waals surface area contributed by atoms with Crippen molar-refractivity contribution in [2.24, 2.45) is 11.8 Å². The van der Waals surface area contributed by atoms with E-state index < -0.39 is 10.8 Å². The Kier molecular flexibility index (Phi) is 5.98. The van der Waals surface area contributed by atoms with Crippen molar-refractivity contribution in [3.63, 3.8) is 0 Å². The highest BCUT2D eigenvalue weighted by Crippen LogP contribution is 2.32. The molecule has 16 heavy (non-hydrogen) atoms. The van der Waals surface area contributed by atoms with E-state index in [0.29, 0.717) is 17.2 Å². The van der Waals surface area contributed by atoms with Gasteiger partial charge in [0, 0.05) is 22.6 Å². The summed E-state index contributed by atoms with van der Waals surface area (Å²) in [7, 11) is -0.654. The van der Waals surface area contributed by atoms with Crippen LogP contribution in [0, 0.1) is 11.8 Å². The van der Waals surface area contributed by atoms with Gasteiger partial charge in [0.1, 0.15) is 0 Å². The first-order chi connectivity index (χ1) is 7.60. The molecule has 0 aromatic carbocycles. The molecule has 0 bridgehead atoms. The van der Waals surface area contributed by atoms with Gasteiger partial charge in [-0.3, -0.25) is 4.21 Å². The summed E-state index contributed by atoms with van der Waals surface area (Å²) in [5, 5.41) is 3.97. The molecule has 0 heterocycles. The van der Waals surface area contributed by atoms with Crippen LogP contribution in [0.15, 0.2) is 0 Å². The molecular weight excluding hydrogens is 218 g/mol. The normalized spacial score (nSPS) is 37.2. The van der Waals surface area contributed by atoms with Gasteiger partial charge in [0.15, 0.2) is 0 Å². The van der Waals surface area contributed by atoms with Crippen LogP contribution in [0.25, 0.3) is 0 Å². The average molecular weight is 245 g/mol. The van der Waals surface area contributed by atoms with Crippen molar-refractivity contribution in [2.75, 3.05) is 12.3 Å². The van der Waals surface area contributed by atoms with Crippen LogP contribution in [-0.4, -0.2) is 27.8 Å². The van der Waals surface area contributed by atoms with Crippen molar-refractivity contribution < 1.29 is 4.21 Å². The minimum absolute atomic E-state index is 0.368. The fourth-order valence-corrected chi connectivity index (χ4v) is 4.58. The van der Waals surface area contributed by atoms with Gasteiger partial charge in [-0.05, 0) is 37.6 Å². The van der Waals surface area contributed by atoms with Crippen LogP contribution < -0.4 is 5.32 Å². The molecular formula is C13H27NOS. The van der Waals surface area contributed by atoms with Gasteiger partial charge in [0.05, 0.1) is 5.25 Å². The van der Waals surface area contributed by atoms with Gasteiger partial charge < -0.3 is 5.32 Å². The summed E-state index contributed by atoms with van der Waals surface area (Å²) in [6, 6.07) is 0.472. The first-order valence-corrected chi connectivity index (χ1v) is 8.08. The third-order valence-electron chi connectivity index (χ3n) is 3.63. The van der Waals surface area contributed by atoms with E-state index in [-0.39, 0.29) is 0 Å². The standard InChI is InChI=1S/C13H27NOS/c1-5-7-14-12-9-10(3)8-11(4)13(12)16(15)6-2/h10-14H,5-9H2,1-4H3. The van der Waals surface area contributed by atoms with Crippen molar-refractivity contribution in [3.8, 4) is 0 Å². The van der Waals surface area contributed by atoms with Crippen molar-refractivity contribution in [2.45, 2.75) is 58.2 Å². The average Bonchev–Trinajstić information content (AvgIpc) is 2.24. The molecule has 3 heteroatoms. The Morgan fingerprint density at radius 2 is 1.94 bits per heavy atom.